The standard InChI is InChI=1S/C11H12S/c1-4-10-7-5-6-8-11(10)12-9(2)3/h4-8H,1-2H2,3H3. The zero-order chi connectivity index (χ0) is 8.97. The van der Waals surface area contributed by atoms with Crippen LogP contribution in [0.1, 0.15) is 12.5 Å². The Balaban J connectivity index is 2.96. The number of rotatable bonds is 3. The fraction of sp³-hybridized carbons (Fsp3) is 0.0909. The molecule has 12 heavy (non-hydrogen) atoms. The lowest BCUT2D eigenvalue weighted by Crippen LogP contribution is -1.76. The van der Waals surface area contributed by atoms with Crippen molar-refractivity contribution in [3.8, 4) is 0 Å². The maximum atomic E-state index is 3.85. The second-order valence-electron chi connectivity index (χ2n) is 2.55. The Morgan fingerprint density at radius 1 is 1.42 bits per heavy atom. The number of benzene rings is 1. The van der Waals surface area contributed by atoms with Gasteiger partial charge in [0.1, 0.15) is 0 Å². The molecule has 0 spiro atoms. The largest absolute Gasteiger partial charge is 0.0984 e. The first-order valence-electron chi connectivity index (χ1n) is 3.79. The molecule has 0 aliphatic rings. The van der Waals surface area contributed by atoms with Gasteiger partial charge in [-0.2, -0.15) is 0 Å². The molecule has 0 atom stereocenters. The quantitative estimate of drug-likeness (QED) is 0.628. The Hall–Kier alpha value is -0.950. The van der Waals surface area contributed by atoms with Gasteiger partial charge in [-0.3, -0.25) is 0 Å². The molecule has 0 heterocycles. The third-order valence-corrected chi connectivity index (χ3v) is 2.36. The van der Waals surface area contributed by atoms with Crippen molar-refractivity contribution < 1.29 is 0 Å². The number of hydrogen-bond donors (Lipinski definition) is 0. The highest BCUT2D eigenvalue weighted by molar-refractivity contribution is 8.03. The first-order valence-corrected chi connectivity index (χ1v) is 4.60. The molecule has 1 aromatic rings. The van der Waals surface area contributed by atoms with Gasteiger partial charge in [0.25, 0.3) is 0 Å². The Kier molecular flexibility index (Phi) is 3.18. The van der Waals surface area contributed by atoms with Gasteiger partial charge in [0.2, 0.25) is 0 Å². The molecule has 0 N–H and O–H groups in total. The van der Waals surface area contributed by atoms with Crippen LogP contribution in [0.4, 0.5) is 0 Å². The van der Waals surface area contributed by atoms with E-state index in [1.807, 2.05) is 25.1 Å². The molecule has 1 heteroatoms. The van der Waals surface area contributed by atoms with Crippen molar-refractivity contribution in [1.82, 2.24) is 0 Å². The van der Waals surface area contributed by atoms with Gasteiger partial charge < -0.3 is 0 Å². The van der Waals surface area contributed by atoms with Crippen molar-refractivity contribution in [2.24, 2.45) is 0 Å². The minimum atomic E-state index is 1.10. The normalized spacial score (nSPS) is 9.42. The Morgan fingerprint density at radius 3 is 2.67 bits per heavy atom. The highest BCUT2D eigenvalue weighted by Gasteiger charge is 1.97. The SMILES string of the molecule is C=Cc1ccccc1SC(=C)C. The molecule has 62 valence electrons. The number of allylic oxidation sites excluding steroid dienone is 1. The third-order valence-electron chi connectivity index (χ3n) is 1.42. The van der Waals surface area contributed by atoms with Crippen molar-refractivity contribution in [1.29, 1.82) is 0 Å². The van der Waals surface area contributed by atoms with Crippen LogP contribution >= 0.6 is 11.8 Å². The van der Waals surface area contributed by atoms with E-state index < -0.39 is 0 Å². The molecular weight excluding hydrogens is 164 g/mol. The predicted octanol–water partition coefficient (Wildman–Crippen LogP) is 3.96. The van der Waals surface area contributed by atoms with Crippen LogP contribution in [0.3, 0.4) is 0 Å². The summed E-state index contributed by atoms with van der Waals surface area (Å²) in [7, 11) is 0. The predicted molar refractivity (Wildman–Crippen MR) is 57.2 cm³/mol. The highest BCUT2D eigenvalue weighted by atomic mass is 32.2. The summed E-state index contributed by atoms with van der Waals surface area (Å²) in [5.74, 6) is 0. The lowest BCUT2D eigenvalue weighted by molar-refractivity contribution is 1.43. The van der Waals surface area contributed by atoms with E-state index in [1.165, 1.54) is 10.5 Å². The topological polar surface area (TPSA) is 0 Å². The molecule has 1 rings (SSSR count). The number of thioether (sulfide) groups is 1. The second kappa shape index (κ2) is 4.17. The Morgan fingerprint density at radius 2 is 2.08 bits per heavy atom. The van der Waals surface area contributed by atoms with Gasteiger partial charge in [-0.1, -0.05) is 49.2 Å². The summed E-state index contributed by atoms with van der Waals surface area (Å²) in [6.07, 6.45) is 1.87. The monoisotopic (exact) mass is 176 g/mol. The molecule has 0 saturated carbocycles. The van der Waals surface area contributed by atoms with Gasteiger partial charge in [-0.05, 0) is 23.5 Å². The summed E-state index contributed by atoms with van der Waals surface area (Å²) in [4.78, 5) is 2.32. The zero-order valence-electron chi connectivity index (χ0n) is 7.21. The third kappa shape index (κ3) is 2.28. The molecule has 0 unspecified atom stereocenters. The maximum absolute atomic E-state index is 3.85. The van der Waals surface area contributed by atoms with E-state index in [9.17, 15) is 0 Å². The van der Waals surface area contributed by atoms with Crippen molar-refractivity contribution in [2.45, 2.75) is 11.8 Å². The zero-order valence-corrected chi connectivity index (χ0v) is 8.03. The first-order chi connectivity index (χ1) is 5.74. The Bertz CT molecular complexity index is 300. The van der Waals surface area contributed by atoms with E-state index in [4.69, 9.17) is 0 Å². The number of hydrogen-bond acceptors (Lipinski definition) is 1. The van der Waals surface area contributed by atoms with Crippen LogP contribution in [-0.2, 0) is 0 Å². The smallest absolute Gasteiger partial charge is 0.0191 e. The summed E-state index contributed by atoms with van der Waals surface area (Å²) < 4.78 is 0. The Labute approximate surface area is 78.0 Å². The summed E-state index contributed by atoms with van der Waals surface area (Å²) in [6, 6.07) is 8.17. The fourth-order valence-electron chi connectivity index (χ4n) is 0.930. The molecule has 0 radical (unpaired) electrons. The van der Waals surface area contributed by atoms with Crippen LogP contribution in [0.25, 0.3) is 6.08 Å². The van der Waals surface area contributed by atoms with E-state index >= 15 is 0 Å². The second-order valence-corrected chi connectivity index (χ2v) is 3.89. The van der Waals surface area contributed by atoms with E-state index in [0.29, 0.717) is 0 Å². The van der Waals surface area contributed by atoms with E-state index in [2.05, 4.69) is 25.3 Å². The molecule has 0 bridgehead atoms. The van der Waals surface area contributed by atoms with Crippen LogP contribution in [-0.4, -0.2) is 0 Å². The summed E-state index contributed by atoms with van der Waals surface area (Å²) in [6.45, 7) is 9.61. The lowest BCUT2D eigenvalue weighted by atomic mass is 10.2. The molecule has 0 amide bonds. The summed E-state index contributed by atoms with van der Waals surface area (Å²) >= 11 is 1.68. The lowest BCUT2D eigenvalue weighted by Gasteiger charge is -2.03. The molecular formula is C11H12S. The average Bonchev–Trinajstić information content (AvgIpc) is 2.04. The van der Waals surface area contributed by atoms with Crippen molar-refractivity contribution in [2.75, 3.05) is 0 Å². The molecule has 0 aromatic heterocycles. The minimum absolute atomic E-state index is 1.10. The van der Waals surface area contributed by atoms with Crippen molar-refractivity contribution >= 4 is 17.8 Å². The molecule has 0 nitrogen and oxygen atoms in total. The van der Waals surface area contributed by atoms with E-state index in [0.717, 1.165) is 4.91 Å². The minimum Gasteiger partial charge on any atom is -0.0984 e. The van der Waals surface area contributed by atoms with E-state index in [-0.39, 0.29) is 0 Å². The van der Waals surface area contributed by atoms with Gasteiger partial charge in [0, 0.05) is 4.90 Å². The summed E-state index contributed by atoms with van der Waals surface area (Å²) in [5.41, 5.74) is 1.17. The molecule has 0 fully saturated rings. The van der Waals surface area contributed by atoms with Gasteiger partial charge in [0.15, 0.2) is 0 Å². The van der Waals surface area contributed by atoms with Crippen LogP contribution in [0.15, 0.2) is 47.2 Å². The van der Waals surface area contributed by atoms with Crippen LogP contribution < -0.4 is 0 Å². The van der Waals surface area contributed by atoms with E-state index in [1.54, 1.807) is 11.8 Å². The average molecular weight is 176 g/mol. The molecule has 1 aromatic carbocycles. The van der Waals surface area contributed by atoms with Gasteiger partial charge >= 0.3 is 0 Å². The van der Waals surface area contributed by atoms with Crippen LogP contribution in [0.5, 0.6) is 0 Å². The van der Waals surface area contributed by atoms with Crippen molar-refractivity contribution in [3.05, 3.63) is 47.9 Å². The fourth-order valence-corrected chi connectivity index (χ4v) is 1.72. The molecule has 0 saturated heterocycles. The highest BCUT2D eigenvalue weighted by Crippen LogP contribution is 2.28. The van der Waals surface area contributed by atoms with Crippen LogP contribution in [0.2, 0.25) is 0 Å². The summed E-state index contributed by atoms with van der Waals surface area (Å²) in [5, 5.41) is 0. The van der Waals surface area contributed by atoms with Gasteiger partial charge in [-0.15, -0.1) is 0 Å². The van der Waals surface area contributed by atoms with Gasteiger partial charge in [-0.25, -0.2) is 0 Å². The van der Waals surface area contributed by atoms with Gasteiger partial charge in [0.05, 0.1) is 0 Å². The van der Waals surface area contributed by atoms with Crippen molar-refractivity contribution in [3.63, 3.8) is 0 Å². The van der Waals surface area contributed by atoms with Crippen LogP contribution in [0, 0.1) is 0 Å². The molecule has 0 aliphatic heterocycles. The molecule has 0 aliphatic carbocycles. The first kappa shape index (κ1) is 9.14. The maximum Gasteiger partial charge on any atom is 0.0191 e.